The zero-order valence-electron chi connectivity index (χ0n) is 17.6. The second-order valence-corrected chi connectivity index (χ2v) is 7.88. The quantitative estimate of drug-likeness (QED) is 0.576. The number of hydrogen-bond acceptors (Lipinski definition) is 4. The van der Waals surface area contributed by atoms with Crippen molar-refractivity contribution in [2.75, 3.05) is 37.6 Å². The molecule has 1 saturated heterocycles. The summed E-state index contributed by atoms with van der Waals surface area (Å²) in [5, 5.41) is 4.49. The third-order valence-corrected chi connectivity index (χ3v) is 5.69. The predicted octanol–water partition coefficient (Wildman–Crippen LogP) is 4.14. The van der Waals surface area contributed by atoms with E-state index in [1.165, 1.54) is 16.8 Å². The Morgan fingerprint density at radius 3 is 2.31 bits per heavy atom. The van der Waals surface area contributed by atoms with Gasteiger partial charge in [-0.05, 0) is 30.7 Å². The smallest absolute Gasteiger partial charge is 0.369 e. The van der Waals surface area contributed by atoms with Crippen LogP contribution in [0.2, 0.25) is 0 Å². The largest absolute Gasteiger partial charge is 0.416 e. The molecule has 0 spiro atoms. The highest BCUT2D eigenvalue weighted by Gasteiger charge is 2.31. The van der Waals surface area contributed by atoms with Crippen molar-refractivity contribution in [3.05, 3.63) is 82.6 Å². The van der Waals surface area contributed by atoms with Crippen molar-refractivity contribution in [1.82, 2.24) is 14.7 Å². The molecule has 1 aliphatic rings. The molecule has 0 amide bonds. The van der Waals surface area contributed by atoms with Gasteiger partial charge in [-0.15, -0.1) is 0 Å². The van der Waals surface area contributed by atoms with Gasteiger partial charge in [0.25, 0.3) is 5.56 Å². The molecule has 8 heteroatoms. The van der Waals surface area contributed by atoms with Gasteiger partial charge in [-0.25, -0.2) is 4.68 Å². The van der Waals surface area contributed by atoms with Crippen LogP contribution in [0.1, 0.15) is 12.0 Å². The molecule has 3 aromatic rings. The minimum Gasteiger partial charge on any atom is -0.369 e. The van der Waals surface area contributed by atoms with E-state index in [2.05, 4.69) is 10.00 Å². The van der Waals surface area contributed by atoms with Crippen LogP contribution in [-0.4, -0.2) is 47.4 Å². The van der Waals surface area contributed by atoms with Crippen LogP contribution in [0.5, 0.6) is 0 Å². The monoisotopic (exact) mass is 442 g/mol. The van der Waals surface area contributed by atoms with E-state index in [0.717, 1.165) is 43.4 Å². The maximum atomic E-state index is 13.0. The normalized spacial score (nSPS) is 15.2. The number of rotatable bonds is 6. The first-order chi connectivity index (χ1) is 15.4. The van der Waals surface area contributed by atoms with Crippen molar-refractivity contribution in [2.24, 2.45) is 0 Å². The van der Waals surface area contributed by atoms with Crippen LogP contribution in [0.4, 0.5) is 18.9 Å². The van der Waals surface area contributed by atoms with E-state index in [1.807, 2.05) is 35.2 Å². The third kappa shape index (κ3) is 5.37. The molecular weight excluding hydrogens is 417 g/mol. The van der Waals surface area contributed by atoms with E-state index >= 15 is 0 Å². The second kappa shape index (κ2) is 9.56. The lowest BCUT2D eigenvalue weighted by Crippen LogP contribution is -2.46. The number of benzene rings is 2. The molecule has 0 aliphatic carbocycles. The fourth-order valence-electron chi connectivity index (χ4n) is 3.92. The number of nitrogens with zero attached hydrogens (tertiary/aromatic N) is 4. The maximum Gasteiger partial charge on any atom is 0.416 e. The number of aromatic nitrogens is 2. The topological polar surface area (TPSA) is 41.4 Å². The van der Waals surface area contributed by atoms with E-state index in [-0.39, 0.29) is 5.56 Å². The Bertz CT molecular complexity index is 1090. The summed E-state index contributed by atoms with van der Waals surface area (Å²) in [5.41, 5.74) is 1.59. The van der Waals surface area contributed by atoms with E-state index < -0.39 is 11.7 Å². The molecular formula is C24H25F3N4O. The zero-order chi connectivity index (χ0) is 22.6. The summed E-state index contributed by atoms with van der Waals surface area (Å²) < 4.78 is 40.4. The molecule has 0 unspecified atom stereocenters. The van der Waals surface area contributed by atoms with Gasteiger partial charge in [0.15, 0.2) is 0 Å². The van der Waals surface area contributed by atoms with Crippen LogP contribution in [0.15, 0.2) is 71.5 Å². The maximum absolute atomic E-state index is 13.0. The van der Waals surface area contributed by atoms with Crippen LogP contribution in [0.3, 0.4) is 0 Å². The Hall–Kier alpha value is -3.13. The van der Waals surface area contributed by atoms with Crippen molar-refractivity contribution in [3.8, 4) is 11.3 Å². The standard InChI is InChI=1S/C24H25F3N4O/c25-24(26,27)20-8-4-9-21(18-20)30-16-14-29(15-17-30)12-5-13-31-23(32)11-10-22(28-31)19-6-2-1-3-7-19/h1-4,6-11,18H,5,12-17H2. The first-order valence-electron chi connectivity index (χ1n) is 10.7. The van der Waals surface area contributed by atoms with E-state index in [9.17, 15) is 18.0 Å². The van der Waals surface area contributed by atoms with Crippen molar-refractivity contribution in [1.29, 1.82) is 0 Å². The van der Waals surface area contributed by atoms with Crippen LogP contribution >= 0.6 is 0 Å². The lowest BCUT2D eigenvalue weighted by atomic mass is 10.1. The van der Waals surface area contributed by atoms with Gasteiger partial charge < -0.3 is 4.90 Å². The molecule has 1 aliphatic heterocycles. The summed E-state index contributed by atoms with van der Waals surface area (Å²) in [6.07, 6.45) is -3.56. The van der Waals surface area contributed by atoms with Gasteiger partial charge in [-0.3, -0.25) is 9.69 Å². The summed E-state index contributed by atoms with van der Waals surface area (Å²) in [6.45, 7) is 4.20. The predicted molar refractivity (Wildman–Crippen MR) is 119 cm³/mol. The van der Waals surface area contributed by atoms with Crippen molar-refractivity contribution >= 4 is 5.69 Å². The average Bonchev–Trinajstić information content (AvgIpc) is 2.81. The van der Waals surface area contributed by atoms with Gasteiger partial charge in [0.1, 0.15) is 0 Å². The zero-order valence-corrected chi connectivity index (χ0v) is 17.6. The van der Waals surface area contributed by atoms with Crippen molar-refractivity contribution in [2.45, 2.75) is 19.1 Å². The first kappa shape index (κ1) is 22.1. The first-order valence-corrected chi connectivity index (χ1v) is 10.7. The lowest BCUT2D eigenvalue weighted by Gasteiger charge is -2.36. The molecule has 1 fully saturated rings. The van der Waals surface area contributed by atoms with Gasteiger partial charge in [-0.1, -0.05) is 36.4 Å². The van der Waals surface area contributed by atoms with Gasteiger partial charge in [0.2, 0.25) is 0 Å². The van der Waals surface area contributed by atoms with Gasteiger partial charge in [0.05, 0.1) is 11.3 Å². The summed E-state index contributed by atoms with van der Waals surface area (Å²) in [5.74, 6) is 0. The molecule has 2 aromatic carbocycles. The van der Waals surface area contributed by atoms with E-state index in [0.29, 0.717) is 25.3 Å². The number of piperazine rings is 1. The van der Waals surface area contributed by atoms with Gasteiger partial charge in [-0.2, -0.15) is 18.3 Å². The van der Waals surface area contributed by atoms with Crippen LogP contribution < -0.4 is 10.5 Å². The summed E-state index contributed by atoms with van der Waals surface area (Å²) in [4.78, 5) is 16.4. The average molecular weight is 442 g/mol. The molecule has 5 nitrogen and oxygen atoms in total. The summed E-state index contributed by atoms with van der Waals surface area (Å²) >= 11 is 0. The SMILES string of the molecule is O=c1ccc(-c2ccccc2)nn1CCCN1CCN(c2cccc(C(F)(F)F)c2)CC1. The fraction of sp³-hybridized carbons (Fsp3) is 0.333. The Morgan fingerprint density at radius 2 is 1.59 bits per heavy atom. The molecule has 0 radical (unpaired) electrons. The Kier molecular flexibility index (Phi) is 6.60. The number of hydrogen-bond donors (Lipinski definition) is 0. The third-order valence-electron chi connectivity index (χ3n) is 5.69. The Labute approximate surface area is 184 Å². The number of anilines is 1. The molecule has 0 saturated carbocycles. The lowest BCUT2D eigenvalue weighted by molar-refractivity contribution is -0.137. The minimum absolute atomic E-state index is 0.126. The van der Waals surface area contributed by atoms with E-state index in [1.54, 1.807) is 18.2 Å². The second-order valence-electron chi connectivity index (χ2n) is 7.88. The molecule has 32 heavy (non-hydrogen) atoms. The Morgan fingerprint density at radius 1 is 0.844 bits per heavy atom. The highest BCUT2D eigenvalue weighted by molar-refractivity contribution is 5.57. The molecule has 0 atom stereocenters. The highest BCUT2D eigenvalue weighted by Crippen LogP contribution is 2.31. The summed E-state index contributed by atoms with van der Waals surface area (Å²) in [6, 6.07) is 18.5. The van der Waals surface area contributed by atoms with Crippen LogP contribution in [0.25, 0.3) is 11.3 Å². The number of halogens is 3. The van der Waals surface area contributed by atoms with Crippen molar-refractivity contribution in [3.63, 3.8) is 0 Å². The van der Waals surface area contributed by atoms with Crippen LogP contribution in [0, 0.1) is 0 Å². The van der Waals surface area contributed by atoms with Crippen molar-refractivity contribution < 1.29 is 13.2 Å². The highest BCUT2D eigenvalue weighted by atomic mass is 19.4. The van der Waals surface area contributed by atoms with E-state index in [4.69, 9.17) is 0 Å². The number of aryl methyl sites for hydroxylation is 1. The Balaban J connectivity index is 1.29. The molecule has 0 N–H and O–H groups in total. The summed E-state index contributed by atoms with van der Waals surface area (Å²) in [7, 11) is 0. The number of alkyl halides is 3. The molecule has 0 bridgehead atoms. The molecule has 168 valence electrons. The van der Waals surface area contributed by atoms with Gasteiger partial charge in [0, 0.05) is 56.6 Å². The minimum atomic E-state index is -4.33. The van der Waals surface area contributed by atoms with Crippen LogP contribution in [-0.2, 0) is 12.7 Å². The molecule has 1 aromatic heterocycles. The molecule has 4 rings (SSSR count). The van der Waals surface area contributed by atoms with Gasteiger partial charge >= 0.3 is 6.18 Å². The fourth-order valence-corrected chi connectivity index (χ4v) is 3.92. The molecule has 2 heterocycles.